The maximum absolute atomic E-state index is 11.4. The van der Waals surface area contributed by atoms with Crippen LogP contribution in [0.5, 0.6) is 0 Å². The van der Waals surface area contributed by atoms with Gasteiger partial charge >= 0.3 is 5.97 Å². The molecule has 0 radical (unpaired) electrons. The minimum atomic E-state index is -1.45. The van der Waals surface area contributed by atoms with Gasteiger partial charge in [-0.2, -0.15) is 10.5 Å². The Morgan fingerprint density at radius 2 is 2.07 bits per heavy atom. The van der Waals surface area contributed by atoms with E-state index in [9.17, 15) is 4.79 Å². The van der Waals surface area contributed by atoms with Gasteiger partial charge in [0.15, 0.2) is 11.3 Å². The quantitative estimate of drug-likeness (QED) is 0.488. The summed E-state index contributed by atoms with van der Waals surface area (Å²) in [6.07, 6.45) is 5.39. The Hall–Kier alpha value is -1.99. The fourth-order valence-corrected chi connectivity index (χ4v) is 1.14. The molecule has 0 fully saturated rings. The van der Waals surface area contributed by atoms with Crippen LogP contribution in [0.2, 0.25) is 0 Å². The van der Waals surface area contributed by atoms with Crippen LogP contribution in [0.4, 0.5) is 0 Å². The number of nitriles is 2. The number of carbonyl (C=O) groups is 1. The summed E-state index contributed by atoms with van der Waals surface area (Å²) >= 11 is 0. The highest BCUT2D eigenvalue weighted by Crippen LogP contribution is 2.31. The number of rotatable bonds is 3. The molecule has 0 aliphatic rings. The first-order chi connectivity index (χ1) is 6.62. The molecule has 0 rings (SSSR count). The molecule has 0 unspecified atom stereocenters. The Labute approximate surface area is 83.1 Å². The summed E-state index contributed by atoms with van der Waals surface area (Å²) in [5.74, 6) is 0.310. The molecule has 0 aromatic heterocycles. The molecule has 0 aromatic rings. The second-order valence-electron chi connectivity index (χ2n) is 2.65. The van der Waals surface area contributed by atoms with Gasteiger partial charge in [0.05, 0.1) is 19.2 Å². The minimum absolute atomic E-state index is 0.196. The van der Waals surface area contributed by atoms with Crippen LogP contribution in [0, 0.1) is 46.3 Å². The van der Waals surface area contributed by atoms with Crippen LogP contribution in [0.3, 0.4) is 0 Å². The molecule has 0 bridgehead atoms. The highest BCUT2D eigenvalue weighted by atomic mass is 16.5. The summed E-state index contributed by atoms with van der Waals surface area (Å²) in [7, 11) is 1.18. The molecular weight excluding hydrogens is 180 g/mol. The summed E-state index contributed by atoms with van der Waals surface area (Å²) in [5, 5.41) is 17.4. The molecule has 0 spiro atoms. The van der Waals surface area contributed by atoms with Gasteiger partial charge in [0.2, 0.25) is 0 Å². The lowest BCUT2D eigenvalue weighted by molar-refractivity contribution is -0.150. The zero-order valence-corrected chi connectivity index (χ0v) is 8.07. The van der Waals surface area contributed by atoms with Gasteiger partial charge in [-0.05, 0) is 6.42 Å². The first-order valence-electron chi connectivity index (χ1n) is 3.98. The molecule has 0 aliphatic heterocycles. The predicted octanol–water partition coefficient (Wildman–Crippen LogP) is 0.852. The van der Waals surface area contributed by atoms with Gasteiger partial charge in [-0.1, -0.05) is 12.8 Å². The second kappa shape index (κ2) is 4.90. The van der Waals surface area contributed by atoms with E-state index < -0.39 is 17.3 Å². The maximum Gasteiger partial charge on any atom is 0.326 e. The van der Waals surface area contributed by atoms with E-state index in [1.807, 2.05) is 0 Å². The Kier molecular flexibility index (Phi) is 4.20. The lowest BCUT2D eigenvalue weighted by Crippen LogP contribution is -2.36. The van der Waals surface area contributed by atoms with Crippen LogP contribution >= 0.6 is 0 Å². The van der Waals surface area contributed by atoms with Crippen LogP contribution < -0.4 is 0 Å². The Morgan fingerprint density at radius 1 is 1.57 bits per heavy atom. The Balaban J connectivity index is 5.34. The third-order valence-corrected chi connectivity index (χ3v) is 2.12. The SMILES string of the molecule is C#C[C@](CC)(C(=O)OC)C(C#N)C#N. The molecule has 0 saturated carbocycles. The summed E-state index contributed by atoms with van der Waals surface area (Å²) in [5.41, 5.74) is -1.45. The molecule has 0 N–H and O–H groups in total. The highest BCUT2D eigenvalue weighted by molar-refractivity contribution is 5.81. The zero-order valence-electron chi connectivity index (χ0n) is 8.07. The maximum atomic E-state index is 11.4. The number of terminal acetylenes is 1. The van der Waals surface area contributed by atoms with E-state index in [2.05, 4.69) is 10.7 Å². The number of esters is 1. The molecule has 72 valence electrons. The summed E-state index contributed by atoms with van der Waals surface area (Å²) in [4.78, 5) is 11.4. The molecule has 4 heteroatoms. The molecule has 0 aromatic carbocycles. The molecule has 0 saturated heterocycles. The highest BCUT2D eigenvalue weighted by Gasteiger charge is 2.44. The van der Waals surface area contributed by atoms with Crippen LogP contribution in [0.15, 0.2) is 0 Å². The molecular formula is C10H10N2O2. The van der Waals surface area contributed by atoms with Crippen molar-refractivity contribution in [2.24, 2.45) is 11.3 Å². The number of carbonyl (C=O) groups excluding carboxylic acids is 1. The lowest BCUT2D eigenvalue weighted by Gasteiger charge is -2.24. The van der Waals surface area contributed by atoms with Gasteiger partial charge in [-0.3, -0.25) is 4.79 Å². The van der Waals surface area contributed by atoms with Gasteiger partial charge in [0.1, 0.15) is 0 Å². The number of hydrogen-bond acceptors (Lipinski definition) is 4. The topological polar surface area (TPSA) is 73.9 Å². The van der Waals surface area contributed by atoms with Crippen LogP contribution in [0.1, 0.15) is 13.3 Å². The lowest BCUT2D eigenvalue weighted by atomic mass is 9.75. The molecule has 0 amide bonds. The second-order valence-corrected chi connectivity index (χ2v) is 2.65. The van der Waals surface area contributed by atoms with Crippen LogP contribution in [0.25, 0.3) is 0 Å². The van der Waals surface area contributed by atoms with Crippen molar-refractivity contribution in [3.63, 3.8) is 0 Å². The van der Waals surface area contributed by atoms with Gasteiger partial charge in [-0.15, -0.1) is 6.42 Å². The van der Waals surface area contributed by atoms with E-state index in [1.54, 1.807) is 19.1 Å². The van der Waals surface area contributed by atoms with E-state index in [-0.39, 0.29) is 6.42 Å². The van der Waals surface area contributed by atoms with Crippen molar-refractivity contribution in [2.45, 2.75) is 13.3 Å². The fraction of sp³-hybridized carbons (Fsp3) is 0.500. The third-order valence-electron chi connectivity index (χ3n) is 2.12. The van der Waals surface area contributed by atoms with Crippen LogP contribution in [-0.2, 0) is 9.53 Å². The van der Waals surface area contributed by atoms with E-state index in [0.29, 0.717) is 0 Å². The monoisotopic (exact) mass is 190 g/mol. The number of nitrogens with zero attached hydrogens (tertiary/aromatic N) is 2. The van der Waals surface area contributed by atoms with Crippen molar-refractivity contribution in [3.8, 4) is 24.5 Å². The van der Waals surface area contributed by atoms with E-state index in [1.165, 1.54) is 7.11 Å². The van der Waals surface area contributed by atoms with Crippen molar-refractivity contribution >= 4 is 5.97 Å². The van der Waals surface area contributed by atoms with Crippen molar-refractivity contribution < 1.29 is 9.53 Å². The molecule has 0 heterocycles. The first kappa shape index (κ1) is 12.0. The average molecular weight is 190 g/mol. The third kappa shape index (κ3) is 1.68. The van der Waals surface area contributed by atoms with Crippen molar-refractivity contribution in [1.29, 1.82) is 10.5 Å². The number of hydrogen-bond donors (Lipinski definition) is 0. The Bertz CT molecular complexity index is 329. The van der Waals surface area contributed by atoms with Crippen molar-refractivity contribution in [3.05, 3.63) is 0 Å². The van der Waals surface area contributed by atoms with Crippen LogP contribution in [-0.4, -0.2) is 13.1 Å². The first-order valence-corrected chi connectivity index (χ1v) is 3.98. The molecule has 0 aliphatic carbocycles. The van der Waals surface area contributed by atoms with E-state index >= 15 is 0 Å². The smallest absolute Gasteiger partial charge is 0.326 e. The van der Waals surface area contributed by atoms with Gasteiger partial charge < -0.3 is 4.74 Å². The normalized spacial score (nSPS) is 13.1. The predicted molar refractivity (Wildman–Crippen MR) is 48.3 cm³/mol. The Morgan fingerprint density at radius 3 is 2.29 bits per heavy atom. The zero-order chi connectivity index (χ0) is 11.2. The van der Waals surface area contributed by atoms with Crippen molar-refractivity contribution in [2.75, 3.05) is 7.11 Å². The van der Waals surface area contributed by atoms with Gasteiger partial charge in [-0.25, -0.2) is 0 Å². The number of ether oxygens (including phenoxy) is 1. The van der Waals surface area contributed by atoms with Crippen molar-refractivity contribution in [1.82, 2.24) is 0 Å². The fourth-order valence-electron chi connectivity index (χ4n) is 1.14. The standard InChI is InChI=1S/C10H10N2O2/c1-4-10(5-2,9(13)14-3)8(6-11)7-12/h1,8H,5H2,2-3H3/t10-/m1/s1. The van der Waals surface area contributed by atoms with E-state index in [0.717, 1.165) is 0 Å². The summed E-state index contributed by atoms with van der Waals surface area (Å²) in [6, 6.07) is 3.41. The largest absolute Gasteiger partial charge is 0.468 e. The minimum Gasteiger partial charge on any atom is -0.468 e. The van der Waals surface area contributed by atoms with E-state index in [4.69, 9.17) is 16.9 Å². The van der Waals surface area contributed by atoms with Gasteiger partial charge in [0.25, 0.3) is 0 Å². The average Bonchev–Trinajstić information content (AvgIpc) is 2.25. The molecule has 14 heavy (non-hydrogen) atoms. The number of methoxy groups -OCH3 is 1. The summed E-state index contributed by atoms with van der Waals surface area (Å²) in [6.45, 7) is 1.64. The molecule has 4 nitrogen and oxygen atoms in total. The summed E-state index contributed by atoms with van der Waals surface area (Å²) < 4.78 is 4.50. The molecule has 1 atom stereocenters. The van der Waals surface area contributed by atoms with Gasteiger partial charge in [0, 0.05) is 0 Å².